The quantitative estimate of drug-likeness (QED) is 0.813. The van der Waals surface area contributed by atoms with Gasteiger partial charge in [0.2, 0.25) is 0 Å². The number of nitrogens with two attached hydrogens (primary N) is 1. The van der Waals surface area contributed by atoms with Gasteiger partial charge in [0.25, 0.3) is 0 Å². The zero-order valence-corrected chi connectivity index (χ0v) is 12.9. The molecule has 0 radical (unpaired) electrons. The molecular weight excluding hydrogens is 253 g/mol. The lowest BCUT2D eigenvalue weighted by molar-refractivity contribution is 0.00578. The number of benzene rings is 1. The average Bonchev–Trinajstić information content (AvgIpc) is 2.59. The first-order chi connectivity index (χ1) is 9.09. The molecule has 0 amide bonds. The summed E-state index contributed by atoms with van der Waals surface area (Å²) < 4.78 is 12.0. The smallest absolute Gasteiger partial charge is 0.399 e. The summed E-state index contributed by atoms with van der Waals surface area (Å²) in [6.07, 6.45) is 0. The van der Waals surface area contributed by atoms with Gasteiger partial charge < -0.3 is 20.1 Å². The number of rotatable bonds is 3. The van der Waals surface area contributed by atoms with Crippen LogP contribution in [0, 0.1) is 0 Å². The third kappa shape index (κ3) is 2.63. The van der Waals surface area contributed by atoms with Gasteiger partial charge in [-0.2, -0.15) is 0 Å². The fourth-order valence-electron chi connectivity index (χ4n) is 2.10. The molecule has 1 aromatic rings. The van der Waals surface area contributed by atoms with Crippen molar-refractivity contribution in [3.63, 3.8) is 0 Å². The first-order valence-electron chi connectivity index (χ1n) is 6.98. The van der Waals surface area contributed by atoms with Gasteiger partial charge in [-0.25, -0.2) is 0 Å². The van der Waals surface area contributed by atoms with E-state index in [0.717, 1.165) is 11.0 Å². The van der Waals surface area contributed by atoms with Crippen LogP contribution in [-0.4, -0.2) is 30.0 Å². The molecule has 0 aliphatic carbocycles. The van der Waals surface area contributed by atoms with Gasteiger partial charge in [0.05, 0.1) is 16.8 Å². The summed E-state index contributed by atoms with van der Waals surface area (Å²) in [7, 11) is -0.378. The topological polar surface area (TPSA) is 64.7 Å². The lowest BCUT2D eigenvalue weighted by Crippen LogP contribution is -2.41. The molecule has 1 aliphatic heterocycles. The predicted molar refractivity (Wildman–Crippen MR) is 80.8 cm³/mol. The van der Waals surface area contributed by atoms with Crippen molar-refractivity contribution in [1.29, 1.82) is 0 Å². The molecule has 20 heavy (non-hydrogen) atoms. The van der Waals surface area contributed by atoms with Crippen LogP contribution in [0.25, 0.3) is 0 Å². The second-order valence-corrected chi connectivity index (χ2v) is 6.69. The van der Waals surface area contributed by atoms with E-state index >= 15 is 0 Å². The Morgan fingerprint density at radius 3 is 1.95 bits per heavy atom. The molecule has 1 heterocycles. The molecular formula is C15H24BNO3. The van der Waals surface area contributed by atoms with Crippen LogP contribution in [-0.2, 0) is 14.9 Å². The molecule has 1 aromatic carbocycles. The molecule has 0 aromatic heterocycles. The maximum absolute atomic E-state index is 10.1. The van der Waals surface area contributed by atoms with Crippen LogP contribution in [0.15, 0.2) is 24.3 Å². The Morgan fingerprint density at radius 2 is 1.55 bits per heavy atom. The van der Waals surface area contributed by atoms with Crippen molar-refractivity contribution in [2.24, 2.45) is 5.73 Å². The molecule has 1 atom stereocenters. The lowest BCUT2D eigenvalue weighted by Gasteiger charge is -2.32. The van der Waals surface area contributed by atoms with E-state index in [0.29, 0.717) is 0 Å². The van der Waals surface area contributed by atoms with Crippen molar-refractivity contribution in [3.8, 4) is 0 Å². The van der Waals surface area contributed by atoms with Crippen molar-refractivity contribution in [3.05, 3.63) is 29.8 Å². The van der Waals surface area contributed by atoms with Crippen molar-refractivity contribution >= 4 is 12.6 Å². The highest BCUT2D eigenvalue weighted by atomic mass is 16.7. The number of aliphatic hydroxyl groups is 1. The molecule has 110 valence electrons. The summed E-state index contributed by atoms with van der Waals surface area (Å²) in [5.74, 6) is 0. The van der Waals surface area contributed by atoms with Crippen LogP contribution in [0.5, 0.6) is 0 Å². The van der Waals surface area contributed by atoms with E-state index in [9.17, 15) is 5.11 Å². The molecule has 0 saturated carbocycles. The minimum Gasteiger partial charge on any atom is -0.399 e. The standard InChI is InChI=1S/C15H24BNO3/c1-13(2)14(3,4)20-16(19-13)12-8-6-11(7-9-12)15(5,18)10-17/h6-9,18H,10,17H2,1-5H3. The Labute approximate surface area is 121 Å². The highest BCUT2D eigenvalue weighted by Crippen LogP contribution is 2.36. The molecule has 1 saturated heterocycles. The van der Waals surface area contributed by atoms with Crippen LogP contribution in [0.2, 0.25) is 0 Å². The van der Waals surface area contributed by atoms with Crippen LogP contribution in [0.4, 0.5) is 0 Å². The summed E-state index contributed by atoms with van der Waals surface area (Å²) in [6, 6.07) is 7.57. The predicted octanol–water partition coefficient (Wildman–Crippen LogP) is 1.15. The molecule has 3 N–H and O–H groups in total. The highest BCUT2D eigenvalue weighted by molar-refractivity contribution is 6.62. The summed E-state index contributed by atoms with van der Waals surface area (Å²) in [5, 5.41) is 10.1. The van der Waals surface area contributed by atoms with Gasteiger partial charge in [0, 0.05) is 6.54 Å². The van der Waals surface area contributed by atoms with Crippen LogP contribution in [0.1, 0.15) is 40.2 Å². The van der Waals surface area contributed by atoms with Crippen molar-refractivity contribution in [2.75, 3.05) is 6.54 Å². The fourth-order valence-corrected chi connectivity index (χ4v) is 2.10. The maximum Gasteiger partial charge on any atom is 0.494 e. The minimum absolute atomic E-state index is 0.183. The third-order valence-corrected chi connectivity index (χ3v) is 4.46. The fraction of sp³-hybridized carbons (Fsp3) is 0.600. The minimum atomic E-state index is -1.01. The Morgan fingerprint density at radius 1 is 1.10 bits per heavy atom. The summed E-state index contributed by atoms with van der Waals surface area (Å²) in [5.41, 5.74) is 5.61. The third-order valence-electron chi connectivity index (χ3n) is 4.46. The Bertz CT molecular complexity index is 466. The summed E-state index contributed by atoms with van der Waals surface area (Å²) in [6.45, 7) is 10.0. The second kappa shape index (κ2) is 4.84. The van der Waals surface area contributed by atoms with Crippen molar-refractivity contribution in [2.45, 2.75) is 51.4 Å². The van der Waals surface area contributed by atoms with Gasteiger partial charge in [-0.15, -0.1) is 0 Å². The zero-order valence-electron chi connectivity index (χ0n) is 12.9. The van der Waals surface area contributed by atoms with Crippen molar-refractivity contribution < 1.29 is 14.4 Å². The van der Waals surface area contributed by atoms with Crippen LogP contribution < -0.4 is 11.2 Å². The van der Waals surface area contributed by atoms with E-state index < -0.39 is 5.60 Å². The average molecular weight is 277 g/mol. The van der Waals surface area contributed by atoms with Gasteiger partial charge in [-0.05, 0) is 45.6 Å². The molecule has 4 nitrogen and oxygen atoms in total. The maximum atomic E-state index is 10.1. The normalized spacial score (nSPS) is 23.6. The molecule has 0 bridgehead atoms. The second-order valence-electron chi connectivity index (χ2n) is 6.69. The van der Waals surface area contributed by atoms with Crippen molar-refractivity contribution in [1.82, 2.24) is 0 Å². The van der Waals surface area contributed by atoms with Gasteiger partial charge in [0.15, 0.2) is 0 Å². The summed E-state index contributed by atoms with van der Waals surface area (Å²) >= 11 is 0. The Kier molecular flexibility index (Phi) is 3.76. The SMILES string of the molecule is CC(O)(CN)c1ccc(B2OC(C)(C)C(C)(C)O2)cc1. The Balaban J connectivity index is 2.21. The Hall–Kier alpha value is -0.875. The van der Waals surface area contributed by atoms with E-state index in [1.54, 1.807) is 6.92 Å². The van der Waals surface area contributed by atoms with E-state index in [1.165, 1.54) is 0 Å². The molecule has 1 unspecified atom stereocenters. The number of hydrogen-bond donors (Lipinski definition) is 2. The molecule has 1 aliphatic rings. The van der Waals surface area contributed by atoms with E-state index in [-0.39, 0.29) is 24.9 Å². The highest BCUT2D eigenvalue weighted by Gasteiger charge is 2.51. The van der Waals surface area contributed by atoms with Gasteiger partial charge in [-0.1, -0.05) is 24.3 Å². The largest absolute Gasteiger partial charge is 0.494 e. The first kappa shape index (κ1) is 15.5. The van der Waals surface area contributed by atoms with Gasteiger partial charge >= 0.3 is 7.12 Å². The summed E-state index contributed by atoms with van der Waals surface area (Å²) in [4.78, 5) is 0. The molecule has 1 fully saturated rings. The molecule has 2 rings (SSSR count). The number of hydrogen-bond acceptors (Lipinski definition) is 4. The monoisotopic (exact) mass is 277 g/mol. The van der Waals surface area contributed by atoms with Gasteiger partial charge in [0.1, 0.15) is 0 Å². The molecule has 5 heteroatoms. The first-order valence-corrected chi connectivity index (χ1v) is 6.98. The van der Waals surface area contributed by atoms with E-state index in [2.05, 4.69) is 0 Å². The van der Waals surface area contributed by atoms with Crippen LogP contribution in [0.3, 0.4) is 0 Å². The van der Waals surface area contributed by atoms with Crippen LogP contribution >= 0.6 is 0 Å². The van der Waals surface area contributed by atoms with Gasteiger partial charge in [-0.3, -0.25) is 0 Å². The lowest BCUT2D eigenvalue weighted by atomic mass is 9.78. The van der Waals surface area contributed by atoms with E-state index in [4.69, 9.17) is 15.0 Å². The molecule has 0 spiro atoms. The van der Waals surface area contributed by atoms with E-state index in [1.807, 2.05) is 52.0 Å². The zero-order chi connectivity index (χ0) is 15.2.